The number of piperidine rings is 1. The number of fused-ring (bicyclic) bond motifs is 1. The van der Waals surface area contributed by atoms with Crippen molar-refractivity contribution < 1.29 is 0 Å². The lowest BCUT2D eigenvalue weighted by Crippen LogP contribution is -2.38. The zero-order chi connectivity index (χ0) is 13.8. The van der Waals surface area contributed by atoms with Crippen molar-refractivity contribution in [2.75, 3.05) is 31.1 Å². The van der Waals surface area contributed by atoms with Crippen LogP contribution in [0.1, 0.15) is 19.8 Å². The van der Waals surface area contributed by atoms with Gasteiger partial charge in [0.15, 0.2) is 5.65 Å². The average molecular weight is 271 g/mol. The maximum atomic E-state index is 4.64. The zero-order valence-corrected chi connectivity index (χ0v) is 11.9. The van der Waals surface area contributed by atoms with E-state index in [1.165, 1.54) is 12.8 Å². The van der Waals surface area contributed by atoms with Crippen LogP contribution in [-0.2, 0) is 0 Å². The van der Waals surface area contributed by atoms with Crippen LogP contribution in [0.2, 0.25) is 0 Å². The zero-order valence-electron chi connectivity index (χ0n) is 11.9. The number of nitrogens with one attached hydrogen (secondary N) is 1. The molecule has 0 aromatic carbocycles. The predicted octanol–water partition coefficient (Wildman–Crippen LogP) is 1.85. The van der Waals surface area contributed by atoms with Crippen LogP contribution < -0.4 is 10.2 Å². The van der Waals surface area contributed by atoms with Gasteiger partial charge < -0.3 is 10.2 Å². The van der Waals surface area contributed by atoms with Gasteiger partial charge in [-0.1, -0.05) is 0 Å². The van der Waals surface area contributed by atoms with Crippen LogP contribution in [0, 0.1) is 5.92 Å². The standard InChI is InChI=1S/C15H21N5/c1-2-20(11-12-4-3-7-16-10-12)14-6-5-13-15(19-14)18-9-8-17-13/h5-6,8-9,12,16H,2-4,7,10-11H2,1H3. The summed E-state index contributed by atoms with van der Waals surface area (Å²) >= 11 is 0. The predicted molar refractivity (Wildman–Crippen MR) is 80.8 cm³/mol. The summed E-state index contributed by atoms with van der Waals surface area (Å²) in [7, 11) is 0. The molecule has 1 N–H and O–H groups in total. The molecule has 0 amide bonds. The van der Waals surface area contributed by atoms with E-state index in [2.05, 4.69) is 38.2 Å². The molecule has 1 unspecified atom stereocenters. The summed E-state index contributed by atoms with van der Waals surface area (Å²) in [6.45, 7) is 6.48. The number of anilines is 1. The molecular formula is C15H21N5. The van der Waals surface area contributed by atoms with E-state index in [0.717, 1.165) is 43.2 Å². The molecule has 5 heteroatoms. The van der Waals surface area contributed by atoms with Crippen molar-refractivity contribution >= 4 is 17.0 Å². The van der Waals surface area contributed by atoms with Crippen molar-refractivity contribution in [1.29, 1.82) is 0 Å². The molecule has 0 radical (unpaired) electrons. The molecule has 106 valence electrons. The van der Waals surface area contributed by atoms with Crippen molar-refractivity contribution in [2.45, 2.75) is 19.8 Å². The van der Waals surface area contributed by atoms with E-state index in [-0.39, 0.29) is 0 Å². The van der Waals surface area contributed by atoms with Crippen molar-refractivity contribution in [1.82, 2.24) is 20.3 Å². The average Bonchev–Trinajstić information content (AvgIpc) is 2.53. The molecule has 1 saturated heterocycles. The first-order chi connectivity index (χ1) is 9.86. The normalized spacial score (nSPS) is 19.1. The Bertz CT molecular complexity index is 565. The summed E-state index contributed by atoms with van der Waals surface area (Å²) in [6, 6.07) is 4.06. The summed E-state index contributed by atoms with van der Waals surface area (Å²) in [6.07, 6.45) is 5.98. The van der Waals surface area contributed by atoms with Crippen LogP contribution >= 0.6 is 0 Å². The van der Waals surface area contributed by atoms with E-state index in [1.54, 1.807) is 12.4 Å². The number of rotatable bonds is 4. The quantitative estimate of drug-likeness (QED) is 0.919. The van der Waals surface area contributed by atoms with Crippen LogP contribution in [0.5, 0.6) is 0 Å². The number of hydrogen-bond donors (Lipinski definition) is 1. The maximum Gasteiger partial charge on any atom is 0.180 e. The van der Waals surface area contributed by atoms with Gasteiger partial charge in [-0.25, -0.2) is 9.97 Å². The molecule has 1 aliphatic heterocycles. The molecular weight excluding hydrogens is 250 g/mol. The molecule has 0 spiro atoms. The van der Waals surface area contributed by atoms with E-state index in [1.807, 2.05) is 6.07 Å². The Morgan fingerprint density at radius 1 is 1.30 bits per heavy atom. The first kappa shape index (κ1) is 13.2. The Hall–Kier alpha value is -1.75. The minimum absolute atomic E-state index is 0.711. The fourth-order valence-electron chi connectivity index (χ4n) is 2.80. The van der Waals surface area contributed by atoms with Gasteiger partial charge in [0, 0.05) is 25.5 Å². The van der Waals surface area contributed by atoms with Gasteiger partial charge in [0.25, 0.3) is 0 Å². The monoisotopic (exact) mass is 271 g/mol. The molecule has 1 aliphatic rings. The third kappa shape index (κ3) is 2.88. The molecule has 0 aliphatic carbocycles. The second-order valence-electron chi connectivity index (χ2n) is 5.32. The van der Waals surface area contributed by atoms with E-state index < -0.39 is 0 Å². The van der Waals surface area contributed by atoms with E-state index >= 15 is 0 Å². The van der Waals surface area contributed by atoms with Gasteiger partial charge in [-0.3, -0.25) is 4.98 Å². The lowest BCUT2D eigenvalue weighted by atomic mass is 9.99. The molecule has 3 rings (SSSR count). The number of nitrogens with zero attached hydrogens (tertiary/aromatic N) is 4. The van der Waals surface area contributed by atoms with Crippen LogP contribution in [0.15, 0.2) is 24.5 Å². The smallest absolute Gasteiger partial charge is 0.180 e. The maximum absolute atomic E-state index is 4.64. The van der Waals surface area contributed by atoms with Gasteiger partial charge in [0.05, 0.1) is 0 Å². The summed E-state index contributed by atoms with van der Waals surface area (Å²) in [5.41, 5.74) is 1.58. The van der Waals surface area contributed by atoms with Crippen LogP contribution in [0.4, 0.5) is 5.82 Å². The molecule has 2 aromatic heterocycles. The second-order valence-corrected chi connectivity index (χ2v) is 5.32. The number of aromatic nitrogens is 3. The van der Waals surface area contributed by atoms with Gasteiger partial charge >= 0.3 is 0 Å². The van der Waals surface area contributed by atoms with Crippen LogP contribution in [0.25, 0.3) is 11.2 Å². The van der Waals surface area contributed by atoms with Gasteiger partial charge in [0.2, 0.25) is 0 Å². The van der Waals surface area contributed by atoms with Gasteiger partial charge in [0.1, 0.15) is 11.3 Å². The summed E-state index contributed by atoms with van der Waals surface area (Å²) < 4.78 is 0. The topological polar surface area (TPSA) is 53.9 Å². The third-order valence-electron chi connectivity index (χ3n) is 3.90. The van der Waals surface area contributed by atoms with Crippen molar-refractivity contribution in [3.8, 4) is 0 Å². The third-order valence-corrected chi connectivity index (χ3v) is 3.90. The molecule has 3 heterocycles. The lowest BCUT2D eigenvalue weighted by molar-refractivity contribution is 0.377. The molecule has 1 fully saturated rings. The minimum Gasteiger partial charge on any atom is -0.356 e. The Balaban J connectivity index is 1.79. The molecule has 20 heavy (non-hydrogen) atoms. The SMILES string of the molecule is CCN(CC1CCCNC1)c1ccc2nccnc2n1. The largest absolute Gasteiger partial charge is 0.356 e. The van der Waals surface area contributed by atoms with E-state index in [4.69, 9.17) is 0 Å². The van der Waals surface area contributed by atoms with E-state index in [9.17, 15) is 0 Å². The Kier molecular flexibility index (Phi) is 4.06. The van der Waals surface area contributed by atoms with E-state index in [0.29, 0.717) is 5.92 Å². The number of pyridine rings is 1. The van der Waals surface area contributed by atoms with Crippen LogP contribution in [-0.4, -0.2) is 41.1 Å². The van der Waals surface area contributed by atoms with Gasteiger partial charge in [-0.05, 0) is 50.9 Å². The minimum atomic E-state index is 0.711. The molecule has 0 bridgehead atoms. The van der Waals surface area contributed by atoms with Crippen molar-refractivity contribution in [3.05, 3.63) is 24.5 Å². The fourth-order valence-corrected chi connectivity index (χ4v) is 2.80. The summed E-state index contributed by atoms with van der Waals surface area (Å²) in [5, 5.41) is 3.48. The highest BCUT2D eigenvalue weighted by atomic mass is 15.2. The molecule has 5 nitrogen and oxygen atoms in total. The molecule has 1 atom stereocenters. The van der Waals surface area contributed by atoms with Gasteiger partial charge in [-0.2, -0.15) is 0 Å². The first-order valence-electron chi connectivity index (χ1n) is 7.40. The second kappa shape index (κ2) is 6.13. The van der Waals surface area contributed by atoms with Crippen molar-refractivity contribution in [3.63, 3.8) is 0 Å². The van der Waals surface area contributed by atoms with Gasteiger partial charge in [-0.15, -0.1) is 0 Å². The first-order valence-corrected chi connectivity index (χ1v) is 7.40. The molecule has 2 aromatic rings. The highest BCUT2D eigenvalue weighted by Crippen LogP contribution is 2.18. The molecule has 0 saturated carbocycles. The summed E-state index contributed by atoms with van der Waals surface area (Å²) in [5.74, 6) is 1.72. The Labute approximate surface area is 119 Å². The Morgan fingerprint density at radius 2 is 2.20 bits per heavy atom. The fraction of sp³-hybridized carbons (Fsp3) is 0.533. The van der Waals surface area contributed by atoms with Crippen LogP contribution in [0.3, 0.4) is 0 Å². The lowest BCUT2D eigenvalue weighted by Gasteiger charge is -2.30. The number of hydrogen-bond acceptors (Lipinski definition) is 5. The summed E-state index contributed by atoms with van der Waals surface area (Å²) in [4.78, 5) is 15.5. The van der Waals surface area contributed by atoms with Crippen molar-refractivity contribution in [2.24, 2.45) is 5.92 Å². The Morgan fingerprint density at radius 3 is 3.00 bits per heavy atom. The highest BCUT2D eigenvalue weighted by Gasteiger charge is 2.17. The highest BCUT2D eigenvalue weighted by molar-refractivity contribution is 5.71.